The number of methoxy groups -OCH3 is 1. The summed E-state index contributed by atoms with van der Waals surface area (Å²) in [5.41, 5.74) is 2.85. The van der Waals surface area contributed by atoms with Crippen molar-refractivity contribution in [3.63, 3.8) is 0 Å². The quantitative estimate of drug-likeness (QED) is 0.868. The summed E-state index contributed by atoms with van der Waals surface area (Å²) in [7, 11) is 1.57. The summed E-state index contributed by atoms with van der Waals surface area (Å²) in [6.07, 6.45) is 3.56. The normalized spacial score (nSPS) is 10.1. The third kappa shape index (κ3) is 2.91. The van der Waals surface area contributed by atoms with Crippen LogP contribution in [0, 0.1) is 6.92 Å². The smallest absolute Gasteiger partial charge is 0.124 e. The molecule has 0 radical (unpaired) electrons. The van der Waals surface area contributed by atoms with E-state index >= 15 is 0 Å². The largest absolute Gasteiger partial charge is 0.507 e. The van der Waals surface area contributed by atoms with Crippen molar-refractivity contribution in [1.29, 1.82) is 0 Å². The van der Waals surface area contributed by atoms with E-state index in [2.05, 4.69) is 10.3 Å². The first-order valence-electron chi connectivity index (χ1n) is 5.70. The lowest BCUT2D eigenvalue weighted by Gasteiger charge is -2.09. The Morgan fingerprint density at radius 2 is 2.11 bits per heavy atom. The van der Waals surface area contributed by atoms with Gasteiger partial charge in [0.2, 0.25) is 0 Å². The number of aryl methyl sites for hydroxylation is 1. The molecular weight excluding hydrogens is 228 g/mol. The molecule has 0 aliphatic rings. The molecule has 1 aromatic carbocycles. The van der Waals surface area contributed by atoms with Gasteiger partial charge in [-0.15, -0.1) is 0 Å². The molecule has 0 saturated heterocycles. The zero-order valence-corrected chi connectivity index (χ0v) is 10.5. The zero-order valence-electron chi connectivity index (χ0n) is 10.5. The highest BCUT2D eigenvalue weighted by Gasteiger charge is 2.03. The minimum absolute atomic E-state index is 0.225. The minimum atomic E-state index is 0.225. The van der Waals surface area contributed by atoms with E-state index in [4.69, 9.17) is 4.74 Å². The molecule has 0 aliphatic carbocycles. The average Bonchev–Trinajstić information content (AvgIpc) is 2.37. The standard InChI is InChI=1S/C14H16N2O2/c1-10-5-12(9-15-7-10)16-8-11-3-4-13(18-2)6-14(11)17/h3-7,9,16-17H,8H2,1-2H3. The van der Waals surface area contributed by atoms with E-state index in [0.29, 0.717) is 12.3 Å². The highest BCUT2D eigenvalue weighted by molar-refractivity contribution is 5.46. The molecule has 0 saturated carbocycles. The van der Waals surface area contributed by atoms with E-state index in [1.165, 1.54) is 0 Å². The molecule has 94 valence electrons. The van der Waals surface area contributed by atoms with Crippen LogP contribution in [0.3, 0.4) is 0 Å². The van der Waals surface area contributed by atoms with Gasteiger partial charge in [-0.05, 0) is 30.7 Å². The van der Waals surface area contributed by atoms with Crippen molar-refractivity contribution >= 4 is 5.69 Å². The molecule has 0 fully saturated rings. The van der Waals surface area contributed by atoms with Crippen LogP contribution in [0.1, 0.15) is 11.1 Å². The van der Waals surface area contributed by atoms with Crippen molar-refractivity contribution in [2.24, 2.45) is 0 Å². The van der Waals surface area contributed by atoms with Crippen LogP contribution in [0.25, 0.3) is 0 Å². The molecule has 1 aromatic heterocycles. The number of benzene rings is 1. The number of pyridine rings is 1. The fourth-order valence-corrected chi connectivity index (χ4v) is 1.67. The van der Waals surface area contributed by atoms with Gasteiger partial charge in [-0.25, -0.2) is 0 Å². The van der Waals surface area contributed by atoms with Gasteiger partial charge in [0.05, 0.1) is 12.8 Å². The van der Waals surface area contributed by atoms with Crippen LogP contribution in [-0.2, 0) is 6.54 Å². The third-order valence-corrected chi connectivity index (χ3v) is 2.65. The Morgan fingerprint density at radius 3 is 2.78 bits per heavy atom. The second-order valence-corrected chi connectivity index (χ2v) is 4.10. The van der Waals surface area contributed by atoms with Crippen molar-refractivity contribution in [1.82, 2.24) is 4.98 Å². The number of hydrogen-bond acceptors (Lipinski definition) is 4. The summed E-state index contributed by atoms with van der Waals surface area (Å²) in [5.74, 6) is 0.871. The highest BCUT2D eigenvalue weighted by Crippen LogP contribution is 2.24. The summed E-state index contributed by atoms with van der Waals surface area (Å²) in [5, 5.41) is 13.0. The first-order valence-corrected chi connectivity index (χ1v) is 5.70. The lowest BCUT2D eigenvalue weighted by molar-refractivity contribution is 0.406. The van der Waals surface area contributed by atoms with E-state index in [0.717, 1.165) is 16.8 Å². The third-order valence-electron chi connectivity index (χ3n) is 2.65. The van der Waals surface area contributed by atoms with Crippen LogP contribution >= 0.6 is 0 Å². The predicted molar refractivity (Wildman–Crippen MR) is 71.0 cm³/mol. The molecule has 0 atom stereocenters. The lowest BCUT2D eigenvalue weighted by Crippen LogP contribution is -2.00. The monoisotopic (exact) mass is 244 g/mol. The number of phenols is 1. The van der Waals surface area contributed by atoms with Crippen molar-refractivity contribution in [3.05, 3.63) is 47.8 Å². The van der Waals surface area contributed by atoms with Gasteiger partial charge in [0.15, 0.2) is 0 Å². The van der Waals surface area contributed by atoms with E-state index in [1.807, 2.05) is 25.1 Å². The van der Waals surface area contributed by atoms with E-state index in [9.17, 15) is 5.11 Å². The van der Waals surface area contributed by atoms with Gasteiger partial charge in [-0.1, -0.05) is 0 Å². The summed E-state index contributed by atoms with van der Waals surface area (Å²) in [6, 6.07) is 7.27. The van der Waals surface area contributed by atoms with Crippen molar-refractivity contribution in [2.75, 3.05) is 12.4 Å². The molecule has 2 aromatic rings. The summed E-state index contributed by atoms with van der Waals surface area (Å²) in [6.45, 7) is 2.53. The maximum Gasteiger partial charge on any atom is 0.124 e. The van der Waals surface area contributed by atoms with Crippen LogP contribution in [0.15, 0.2) is 36.7 Å². The number of hydrogen-bond donors (Lipinski definition) is 2. The fraction of sp³-hybridized carbons (Fsp3) is 0.214. The Balaban J connectivity index is 2.06. The number of anilines is 1. The van der Waals surface area contributed by atoms with Gasteiger partial charge in [0.25, 0.3) is 0 Å². The summed E-state index contributed by atoms with van der Waals surface area (Å²) >= 11 is 0. The average molecular weight is 244 g/mol. The first-order chi connectivity index (χ1) is 8.69. The van der Waals surface area contributed by atoms with Crippen LogP contribution in [-0.4, -0.2) is 17.2 Å². The molecule has 4 nitrogen and oxygen atoms in total. The Kier molecular flexibility index (Phi) is 3.67. The lowest BCUT2D eigenvalue weighted by atomic mass is 10.2. The molecule has 2 rings (SSSR count). The van der Waals surface area contributed by atoms with Crippen molar-refractivity contribution in [3.8, 4) is 11.5 Å². The van der Waals surface area contributed by atoms with Gasteiger partial charge >= 0.3 is 0 Å². The van der Waals surface area contributed by atoms with Gasteiger partial charge < -0.3 is 15.2 Å². The predicted octanol–water partition coefficient (Wildman–Crippen LogP) is 2.72. The molecule has 2 N–H and O–H groups in total. The first kappa shape index (κ1) is 12.2. The molecule has 0 spiro atoms. The summed E-state index contributed by atoms with van der Waals surface area (Å²) in [4.78, 5) is 4.10. The SMILES string of the molecule is COc1ccc(CNc2cncc(C)c2)c(O)c1. The van der Waals surface area contributed by atoms with Crippen LogP contribution in [0.4, 0.5) is 5.69 Å². The number of rotatable bonds is 4. The second-order valence-electron chi connectivity index (χ2n) is 4.10. The van der Waals surface area contributed by atoms with Gasteiger partial charge in [0.1, 0.15) is 11.5 Å². The van der Waals surface area contributed by atoms with E-state index in [-0.39, 0.29) is 5.75 Å². The number of aromatic hydroxyl groups is 1. The highest BCUT2D eigenvalue weighted by atomic mass is 16.5. The van der Waals surface area contributed by atoms with Crippen LogP contribution in [0.5, 0.6) is 11.5 Å². The number of nitrogens with one attached hydrogen (secondary N) is 1. The second kappa shape index (κ2) is 5.40. The van der Waals surface area contributed by atoms with Crippen molar-refractivity contribution in [2.45, 2.75) is 13.5 Å². The molecule has 0 unspecified atom stereocenters. The number of nitrogens with zero attached hydrogens (tertiary/aromatic N) is 1. The van der Waals surface area contributed by atoms with E-state index < -0.39 is 0 Å². The molecule has 1 heterocycles. The Morgan fingerprint density at radius 1 is 1.28 bits per heavy atom. The number of phenolic OH excluding ortho intramolecular Hbond substituents is 1. The zero-order chi connectivity index (χ0) is 13.0. The van der Waals surface area contributed by atoms with Crippen LogP contribution < -0.4 is 10.1 Å². The summed E-state index contributed by atoms with van der Waals surface area (Å²) < 4.78 is 5.04. The maximum atomic E-state index is 9.82. The van der Waals surface area contributed by atoms with Gasteiger partial charge in [-0.2, -0.15) is 0 Å². The van der Waals surface area contributed by atoms with Crippen molar-refractivity contribution < 1.29 is 9.84 Å². The van der Waals surface area contributed by atoms with Gasteiger partial charge in [0, 0.05) is 30.6 Å². The molecule has 0 bridgehead atoms. The fourth-order valence-electron chi connectivity index (χ4n) is 1.67. The van der Waals surface area contributed by atoms with Gasteiger partial charge in [-0.3, -0.25) is 4.98 Å². The molecule has 18 heavy (non-hydrogen) atoms. The molecule has 0 aliphatic heterocycles. The minimum Gasteiger partial charge on any atom is -0.507 e. The topological polar surface area (TPSA) is 54.4 Å². The van der Waals surface area contributed by atoms with Crippen LogP contribution in [0.2, 0.25) is 0 Å². The molecule has 0 amide bonds. The maximum absolute atomic E-state index is 9.82. The van der Waals surface area contributed by atoms with E-state index in [1.54, 1.807) is 25.6 Å². The Bertz CT molecular complexity index is 541. The number of aromatic nitrogens is 1. The molecular formula is C14H16N2O2. The Hall–Kier alpha value is -2.23. The Labute approximate surface area is 106 Å². The molecule has 4 heteroatoms. The number of ether oxygens (including phenoxy) is 1.